The number of anilines is 1. The van der Waals surface area contributed by atoms with E-state index in [4.69, 9.17) is 5.11 Å². The summed E-state index contributed by atoms with van der Waals surface area (Å²) >= 11 is 0. The van der Waals surface area contributed by atoms with Gasteiger partial charge in [0.25, 0.3) is 0 Å². The molecule has 1 heterocycles. The smallest absolute Gasteiger partial charge is 0.301 e. The predicted molar refractivity (Wildman–Crippen MR) is 69.5 cm³/mol. The highest BCUT2D eigenvalue weighted by molar-refractivity contribution is 7.90. The van der Waals surface area contributed by atoms with Gasteiger partial charge in [-0.15, -0.1) is 0 Å². The maximum atomic E-state index is 11.9. The maximum absolute atomic E-state index is 11.9. The fourth-order valence-corrected chi connectivity index (χ4v) is 2.24. The highest BCUT2D eigenvalue weighted by Gasteiger charge is 2.17. The van der Waals surface area contributed by atoms with E-state index in [1.807, 2.05) is 13.8 Å². The molecule has 1 rings (SSSR count). The van der Waals surface area contributed by atoms with Crippen molar-refractivity contribution in [2.75, 3.05) is 24.9 Å². The third kappa shape index (κ3) is 3.97. The highest BCUT2D eigenvalue weighted by atomic mass is 32.2. The normalized spacial score (nSPS) is 12.3. The Hall–Kier alpha value is -1.12. The minimum atomic E-state index is -3.58. The summed E-state index contributed by atoms with van der Waals surface area (Å²) in [5.41, 5.74) is 0.430. The summed E-state index contributed by atoms with van der Waals surface area (Å²) in [6.07, 6.45) is 3.52. The quantitative estimate of drug-likeness (QED) is 0.756. The Morgan fingerprint density at radius 3 is 2.72 bits per heavy atom. The van der Waals surface area contributed by atoms with Gasteiger partial charge in [-0.25, -0.2) is 0 Å². The molecular formula is C10H20N4O3S. The molecule has 0 saturated carbocycles. The van der Waals surface area contributed by atoms with E-state index in [1.165, 1.54) is 13.2 Å². The maximum Gasteiger partial charge on any atom is 0.301 e. The third-order valence-electron chi connectivity index (χ3n) is 2.42. The van der Waals surface area contributed by atoms with E-state index >= 15 is 0 Å². The molecule has 0 radical (unpaired) electrons. The number of nitrogens with zero attached hydrogens (tertiary/aromatic N) is 3. The van der Waals surface area contributed by atoms with E-state index in [0.29, 0.717) is 12.1 Å². The van der Waals surface area contributed by atoms with Gasteiger partial charge in [-0.3, -0.25) is 9.40 Å². The van der Waals surface area contributed by atoms with E-state index in [-0.39, 0.29) is 19.2 Å². The Morgan fingerprint density at radius 1 is 1.56 bits per heavy atom. The molecule has 0 unspecified atom stereocenters. The fourth-order valence-electron chi connectivity index (χ4n) is 1.31. The molecule has 0 bridgehead atoms. The van der Waals surface area contributed by atoms with Crippen LogP contribution in [0, 0.1) is 0 Å². The first-order valence-corrected chi connectivity index (χ1v) is 7.20. The summed E-state index contributed by atoms with van der Waals surface area (Å²) in [6.45, 7) is 4.15. The zero-order valence-corrected chi connectivity index (χ0v) is 11.7. The van der Waals surface area contributed by atoms with Crippen LogP contribution in [0.3, 0.4) is 0 Å². The van der Waals surface area contributed by atoms with E-state index in [2.05, 4.69) is 9.82 Å². The van der Waals surface area contributed by atoms with Gasteiger partial charge in [-0.1, -0.05) is 0 Å². The van der Waals surface area contributed by atoms with Crippen molar-refractivity contribution in [3.05, 3.63) is 12.4 Å². The molecule has 104 valence electrons. The monoisotopic (exact) mass is 276 g/mol. The predicted octanol–water partition coefficient (Wildman–Crippen LogP) is 0.435. The Balaban J connectivity index is 2.69. The standard InChI is InChI=1S/C10H20N4O3S/c1-9(2)14-8-10(7-11-14)12-18(16,17)13(3)5-4-6-15/h7-9,12,15H,4-6H2,1-3H3. The van der Waals surface area contributed by atoms with E-state index < -0.39 is 10.2 Å². The highest BCUT2D eigenvalue weighted by Crippen LogP contribution is 2.12. The van der Waals surface area contributed by atoms with Gasteiger partial charge in [0.1, 0.15) is 0 Å². The van der Waals surface area contributed by atoms with Crippen LogP contribution < -0.4 is 4.72 Å². The summed E-state index contributed by atoms with van der Waals surface area (Å²) in [5, 5.41) is 12.7. The Bertz CT molecular complexity index is 469. The topological polar surface area (TPSA) is 87.5 Å². The van der Waals surface area contributed by atoms with Gasteiger partial charge in [-0.2, -0.15) is 17.8 Å². The summed E-state index contributed by atoms with van der Waals surface area (Å²) in [7, 11) is -2.12. The first-order valence-electron chi connectivity index (χ1n) is 5.76. The number of aliphatic hydroxyl groups is 1. The molecule has 0 aromatic carbocycles. The Labute approximate surface area is 108 Å². The number of rotatable bonds is 7. The zero-order valence-electron chi connectivity index (χ0n) is 10.9. The van der Waals surface area contributed by atoms with Crippen molar-refractivity contribution < 1.29 is 13.5 Å². The van der Waals surface area contributed by atoms with Crippen LogP contribution >= 0.6 is 0 Å². The lowest BCUT2D eigenvalue weighted by Crippen LogP contribution is -2.33. The van der Waals surface area contributed by atoms with Crippen LogP contribution in [0.2, 0.25) is 0 Å². The SMILES string of the molecule is CC(C)n1cc(NS(=O)(=O)N(C)CCCO)cn1. The van der Waals surface area contributed by atoms with Crippen molar-refractivity contribution in [2.24, 2.45) is 0 Å². The molecule has 0 aliphatic rings. The van der Waals surface area contributed by atoms with Crippen LogP contribution in [0.5, 0.6) is 0 Å². The van der Waals surface area contributed by atoms with Crippen molar-refractivity contribution in [2.45, 2.75) is 26.3 Å². The van der Waals surface area contributed by atoms with Crippen LogP contribution in [0.4, 0.5) is 5.69 Å². The van der Waals surface area contributed by atoms with Crippen molar-refractivity contribution in [1.29, 1.82) is 0 Å². The number of nitrogens with one attached hydrogen (secondary N) is 1. The lowest BCUT2D eigenvalue weighted by molar-refractivity contribution is 0.276. The summed E-state index contributed by atoms with van der Waals surface area (Å²) in [4.78, 5) is 0. The van der Waals surface area contributed by atoms with E-state index in [9.17, 15) is 8.42 Å². The van der Waals surface area contributed by atoms with Gasteiger partial charge >= 0.3 is 10.2 Å². The Morgan fingerprint density at radius 2 is 2.22 bits per heavy atom. The second-order valence-corrected chi connectivity index (χ2v) is 6.09. The molecule has 7 nitrogen and oxygen atoms in total. The third-order valence-corrected chi connectivity index (χ3v) is 3.92. The molecular weight excluding hydrogens is 256 g/mol. The first-order chi connectivity index (χ1) is 8.36. The zero-order chi connectivity index (χ0) is 13.8. The largest absolute Gasteiger partial charge is 0.396 e. The lowest BCUT2D eigenvalue weighted by atomic mass is 10.4. The van der Waals surface area contributed by atoms with Gasteiger partial charge in [-0.05, 0) is 20.3 Å². The Kier molecular flexibility index (Phi) is 5.12. The average molecular weight is 276 g/mol. The van der Waals surface area contributed by atoms with Crippen LogP contribution in [0.25, 0.3) is 0 Å². The van der Waals surface area contributed by atoms with Gasteiger partial charge in [0, 0.05) is 32.4 Å². The number of hydrogen-bond acceptors (Lipinski definition) is 4. The average Bonchev–Trinajstić information content (AvgIpc) is 2.73. The molecule has 0 spiro atoms. The van der Waals surface area contributed by atoms with Crippen molar-refractivity contribution in [1.82, 2.24) is 14.1 Å². The molecule has 0 aliphatic heterocycles. The number of aromatic nitrogens is 2. The van der Waals surface area contributed by atoms with E-state index in [1.54, 1.807) is 10.9 Å². The molecule has 0 fully saturated rings. The van der Waals surface area contributed by atoms with Crippen LogP contribution in [0.1, 0.15) is 26.3 Å². The molecule has 0 saturated heterocycles. The van der Waals surface area contributed by atoms with Crippen molar-refractivity contribution in [3.8, 4) is 0 Å². The van der Waals surface area contributed by atoms with Crippen LogP contribution in [-0.2, 0) is 10.2 Å². The van der Waals surface area contributed by atoms with Crippen LogP contribution in [0.15, 0.2) is 12.4 Å². The lowest BCUT2D eigenvalue weighted by Gasteiger charge is -2.16. The minimum Gasteiger partial charge on any atom is -0.396 e. The summed E-state index contributed by atoms with van der Waals surface area (Å²) in [5.74, 6) is 0. The second-order valence-electron chi connectivity index (χ2n) is 4.31. The van der Waals surface area contributed by atoms with Gasteiger partial charge in [0.05, 0.1) is 11.9 Å². The molecule has 0 atom stereocenters. The van der Waals surface area contributed by atoms with Crippen molar-refractivity contribution in [3.63, 3.8) is 0 Å². The first kappa shape index (κ1) is 14.9. The molecule has 18 heavy (non-hydrogen) atoms. The molecule has 1 aromatic heterocycles. The molecule has 8 heteroatoms. The summed E-state index contributed by atoms with van der Waals surface area (Å²) < 4.78 is 29.0. The number of hydrogen-bond donors (Lipinski definition) is 2. The second kappa shape index (κ2) is 6.17. The minimum absolute atomic E-state index is 0.0366. The molecule has 2 N–H and O–H groups in total. The fraction of sp³-hybridized carbons (Fsp3) is 0.700. The molecule has 0 amide bonds. The van der Waals surface area contributed by atoms with Gasteiger partial charge in [0.15, 0.2) is 0 Å². The number of aliphatic hydroxyl groups excluding tert-OH is 1. The molecule has 0 aliphatic carbocycles. The van der Waals surface area contributed by atoms with Gasteiger partial charge in [0.2, 0.25) is 0 Å². The molecule has 1 aromatic rings. The van der Waals surface area contributed by atoms with E-state index in [0.717, 1.165) is 4.31 Å². The van der Waals surface area contributed by atoms with Crippen molar-refractivity contribution >= 4 is 15.9 Å². The van der Waals surface area contributed by atoms with Gasteiger partial charge < -0.3 is 5.11 Å². The van der Waals surface area contributed by atoms with Crippen LogP contribution in [-0.4, -0.2) is 47.8 Å². The summed E-state index contributed by atoms with van der Waals surface area (Å²) in [6, 6.07) is 0.176.